The molecule has 7 nitrogen and oxygen atoms in total. The predicted octanol–water partition coefficient (Wildman–Crippen LogP) is 0.911. The second-order valence-corrected chi connectivity index (χ2v) is 6.90. The molecule has 0 N–H and O–H groups in total. The summed E-state index contributed by atoms with van der Waals surface area (Å²) in [7, 11) is 0. The molecule has 0 radical (unpaired) electrons. The number of carbonyl (C=O) groups excluding carboxylic acids is 2. The van der Waals surface area contributed by atoms with Crippen LogP contribution in [0.3, 0.4) is 0 Å². The van der Waals surface area contributed by atoms with Gasteiger partial charge in [0.1, 0.15) is 5.56 Å². The van der Waals surface area contributed by atoms with Crippen molar-refractivity contribution in [3.05, 3.63) is 51.4 Å². The van der Waals surface area contributed by atoms with Crippen LogP contribution < -0.4 is 35.0 Å². The van der Waals surface area contributed by atoms with Crippen LogP contribution >= 0.6 is 0 Å². The molecule has 0 atom stereocenters. The standard InChI is InChI=1S/C23H26FN2O5.Na/c1-4-7-8-9-10-26-14-18(23(29)31-6-3)21(27)16-11-19(24)15(12-20(16)26)17(13-25)22(28)30-5-2;/h11-12,14H,4-10H2,1-3H3;/q-1;+1. The van der Waals surface area contributed by atoms with Crippen molar-refractivity contribution < 1.29 is 53.0 Å². The third kappa shape index (κ3) is 6.35. The number of nitriles is 1. The summed E-state index contributed by atoms with van der Waals surface area (Å²) in [6.45, 7) is 5.88. The summed E-state index contributed by atoms with van der Waals surface area (Å²) in [5.74, 6) is -3.13. The maximum atomic E-state index is 14.9. The van der Waals surface area contributed by atoms with Crippen molar-refractivity contribution in [1.82, 2.24) is 4.57 Å². The fourth-order valence-electron chi connectivity index (χ4n) is 3.27. The molecular weight excluding hydrogens is 426 g/mol. The quantitative estimate of drug-likeness (QED) is 0.230. The molecule has 2 rings (SSSR count). The number of carbonyl (C=O) groups is 2. The third-order valence-electron chi connectivity index (χ3n) is 4.78. The molecule has 0 aliphatic carbocycles. The number of nitrogens with zero attached hydrogens (tertiary/aromatic N) is 2. The van der Waals surface area contributed by atoms with Gasteiger partial charge in [-0.1, -0.05) is 32.3 Å². The van der Waals surface area contributed by atoms with Gasteiger partial charge in [-0.25, -0.2) is 10.1 Å². The van der Waals surface area contributed by atoms with Crippen LogP contribution in [0.1, 0.15) is 62.4 Å². The molecule has 0 unspecified atom stereocenters. The molecule has 1 heterocycles. The predicted molar refractivity (Wildman–Crippen MR) is 113 cm³/mol. The number of rotatable bonds is 10. The number of hydrogen-bond donors (Lipinski definition) is 0. The van der Waals surface area contributed by atoms with Crippen molar-refractivity contribution >= 4 is 22.8 Å². The van der Waals surface area contributed by atoms with E-state index < -0.39 is 29.1 Å². The number of halogens is 1. The van der Waals surface area contributed by atoms with Gasteiger partial charge in [0.2, 0.25) is 5.43 Å². The first kappa shape index (κ1) is 27.7. The number of esters is 2. The van der Waals surface area contributed by atoms with Crippen LogP contribution in [0.5, 0.6) is 0 Å². The fourth-order valence-corrected chi connectivity index (χ4v) is 3.27. The van der Waals surface area contributed by atoms with E-state index in [1.165, 1.54) is 12.3 Å². The first-order chi connectivity index (χ1) is 14.9. The van der Waals surface area contributed by atoms with Crippen molar-refractivity contribution in [2.75, 3.05) is 13.2 Å². The Bertz CT molecular complexity index is 1060. The molecule has 0 saturated carbocycles. The number of pyridine rings is 1. The van der Waals surface area contributed by atoms with Crippen molar-refractivity contribution in [2.45, 2.75) is 53.0 Å². The summed E-state index contributed by atoms with van der Waals surface area (Å²) in [5, 5.41) is 9.36. The van der Waals surface area contributed by atoms with E-state index in [1.807, 2.05) is 0 Å². The Labute approximate surface area is 208 Å². The van der Waals surface area contributed by atoms with E-state index in [2.05, 4.69) is 6.92 Å². The number of unbranched alkanes of at least 4 members (excludes halogenated alkanes) is 3. The SMILES string of the molecule is CCCCCCn1cc(C(=O)OCC)c(=O)c2cc(F)c([C-](C#N)C(=O)OCC)cc21.[Na+]. The van der Waals surface area contributed by atoms with Crippen molar-refractivity contribution in [2.24, 2.45) is 0 Å². The molecule has 166 valence electrons. The van der Waals surface area contributed by atoms with E-state index in [1.54, 1.807) is 24.5 Å². The number of benzene rings is 1. The van der Waals surface area contributed by atoms with Gasteiger partial charge in [-0.2, -0.15) is 0 Å². The summed E-state index contributed by atoms with van der Waals surface area (Å²) >= 11 is 0. The van der Waals surface area contributed by atoms with Crippen LogP contribution in [0.15, 0.2) is 23.1 Å². The van der Waals surface area contributed by atoms with Gasteiger partial charge in [0.15, 0.2) is 0 Å². The topological polar surface area (TPSA) is 98.4 Å². The zero-order valence-electron chi connectivity index (χ0n) is 19.0. The van der Waals surface area contributed by atoms with E-state index in [0.717, 1.165) is 31.7 Å². The number of hydrogen-bond acceptors (Lipinski definition) is 6. The average molecular weight is 452 g/mol. The first-order valence-corrected chi connectivity index (χ1v) is 10.4. The van der Waals surface area contributed by atoms with E-state index in [-0.39, 0.29) is 59.3 Å². The second kappa shape index (κ2) is 13.3. The van der Waals surface area contributed by atoms with Gasteiger partial charge in [-0.3, -0.25) is 14.0 Å². The van der Waals surface area contributed by atoms with E-state index in [9.17, 15) is 24.0 Å². The molecule has 32 heavy (non-hydrogen) atoms. The largest absolute Gasteiger partial charge is 1.00 e. The van der Waals surface area contributed by atoms with Gasteiger partial charge in [-0.15, -0.1) is 11.6 Å². The minimum atomic E-state index is -0.941. The Kier molecular flexibility index (Phi) is 11.5. The molecule has 0 saturated heterocycles. The third-order valence-corrected chi connectivity index (χ3v) is 4.78. The Hall–Kier alpha value is -2.34. The van der Waals surface area contributed by atoms with Crippen LogP contribution in [0.2, 0.25) is 0 Å². The Morgan fingerprint density at radius 1 is 1.12 bits per heavy atom. The summed E-state index contributed by atoms with van der Waals surface area (Å²) < 4.78 is 26.3. The van der Waals surface area contributed by atoms with Gasteiger partial charge >= 0.3 is 35.5 Å². The smallest absolute Gasteiger partial charge is 0.471 e. The minimum absolute atomic E-state index is 0. The van der Waals surface area contributed by atoms with Gasteiger partial charge < -0.3 is 14.0 Å². The minimum Gasteiger partial charge on any atom is -0.471 e. The van der Waals surface area contributed by atoms with Crippen molar-refractivity contribution in [3.63, 3.8) is 0 Å². The number of ether oxygens (including phenoxy) is 2. The van der Waals surface area contributed by atoms with Crippen LogP contribution in [-0.4, -0.2) is 29.7 Å². The molecule has 1 aromatic heterocycles. The molecule has 0 spiro atoms. The van der Waals surface area contributed by atoms with Crippen LogP contribution in [-0.2, 0) is 20.8 Å². The van der Waals surface area contributed by atoms with E-state index in [4.69, 9.17) is 9.47 Å². The molecule has 0 aliphatic heterocycles. The number of aromatic nitrogens is 1. The van der Waals surface area contributed by atoms with Crippen molar-refractivity contribution in [1.29, 1.82) is 5.26 Å². The van der Waals surface area contributed by atoms with Gasteiger partial charge in [0.25, 0.3) is 5.97 Å². The Morgan fingerprint density at radius 3 is 2.41 bits per heavy atom. The molecule has 0 amide bonds. The van der Waals surface area contributed by atoms with Gasteiger partial charge in [0, 0.05) is 35.9 Å². The zero-order chi connectivity index (χ0) is 23.0. The molecule has 9 heteroatoms. The first-order valence-electron chi connectivity index (χ1n) is 10.4. The average Bonchev–Trinajstić information content (AvgIpc) is 2.74. The van der Waals surface area contributed by atoms with Gasteiger partial charge in [0.05, 0.1) is 13.2 Å². The maximum Gasteiger partial charge on any atom is 1.00 e. The summed E-state index contributed by atoms with van der Waals surface area (Å²) in [6, 6.07) is 3.93. The van der Waals surface area contributed by atoms with Crippen LogP contribution in [0.4, 0.5) is 4.39 Å². The van der Waals surface area contributed by atoms with E-state index in [0.29, 0.717) is 12.1 Å². The number of aryl methyl sites for hydroxylation is 1. The molecule has 2 aromatic rings. The van der Waals surface area contributed by atoms with Crippen LogP contribution in [0.25, 0.3) is 10.9 Å². The Morgan fingerprint density at radius 2 is 1.81 bits per heavy atom. The molecule has 0 fully saturated rings. The van der Waals surface area contributed by atoms with E-state index >= 15 is 0 Å². The molecule has 0 bridgehead atoms. The fraction of sp³-hybridized carbons (Fsp3) is 0.435. The molecule has 1 aromatic carbocycles. The molecule has 0 aliphatic rings. The Balaban J connectivity index is 0.00000512. The van der Waals surface area contributed by atoms with Crippen LogP contribution in [0, 0.1) is 23.1 Å². The second-order valence-electron chi connectivity index (χ2n) is 6.90. The normalized spacial score (nSPS) is 10.2. The van der Waals surface area contributed by atoms with Crippen molar-refractivity contribution in [3.8, 4) is 6.07 Å². The maximum absolute atomic E-state index is 14.9. The zero-order valence-corrected chi connectivity index (χ0v) is 21.0. The summed E-state index contributed by atoms with van der Waals surface area (Å²) in [5.41, 5.74) is -0.785. The summed E-state index contributed by atoms with van der Waals surface area (Å²) in [4.78, 5) is 37.2. The number of fused-ring (bicyclic) bond motifs is 1. The van der Waals surface area contributed by atoms with Gasteiger partial charge in [-0.05, 0) is 25.8 Å². The summed E-state index contributed by atoms with van der Waals surface area (Å²) in [6.07, 6.45) is 5.16. The monoisotopic (exact) mass is 452 g/mol. The molecular formula is C23H26FN2NaO5.